The number of anilines is 1. The van der Waals surface area contributed by atoms with Crippen LogP contribution in [-0.2, 0) is 17.6 Å². The molecule has 1 heterocycles. The van der Waals surface area contributed by atoms with E-state index >= 15 is 0 Å². The summed E-state index contributed by atoms with van der Waals surface area (Å²) in [6, 6.07) is 6.47. The highest BCUT2D eigenvalue weighted by molar-refractivity contribution is 5.96. The number of benzene rings is 1. The van der Waals surface area contributed by atoms with Crippen molar-refractivity contribution in [3.8, 4) is 0 Å². The predicted octanol–water partition coefficient (Wildman–Crippen LogP) is 3.96. The summed E-state index contributed by atoms with van der Waals surface area (Å²) in [4.78, 5) is 14.7. The zero-order chi connectivity index (χ0) is 13.8. The average Bonchev–Trinajstić information content (AvgIpc) is 2.45. The lowest BCUT2D eigenvalue weighted by molar-refractivity contribution is -0.122. The molecule has 0 saturated carbocycles. The van der Waals surface area contributed by atoms with Crippen LogP contribution in [0.1, 0.15) is 51.2 Å². The Morgan fingerprint density at radius 3 is 2.84 bits per heavy atom. The zero-order valence-corrected chi connectivity index (χ0v) is 12.4. The minimum Gasteiger partial charge on any atom is -0.312 e. The number of para-hydroxylation sites is 1. The lowest BCUT2D eigenvalue weighted by Crippen LogP contribution is -2.39. The van der Waals surface area contributed by atoms with Crippen molar-refractivity contribution in [3.63, 3.8) is 0 Å². The first-order chi connectivity index (χ1) is 9.19. The van der Waals surface area contributed by atoms with E-state index in [0.717, 1.165) is 38.6 Å². The second-order valence-corrected chi connectivity index (χ2v) is 5.56. The van der Waals surface area contributed by atoms with Crippen LogP contribution in [0.4, 0.5) is 5.69 Å². The molecule has 0 radical (unpaired) electrons. The van der Waals surface area contributed by atoms with Gasteiger partial charge in [0.05, 0.1) is 0 Å². The molecule has 0 aliphatic carbocycles. The van der Waals surface area contributed by atoms with Crippen molar-refractivity contribution in [1.82, 2.24) is 0 Å². The summed E-state index contributed by atoms with van der Waals surface area (Å²) in [6.07, 6.45) is 5.25. The molecule has 0 fully saturated rings. The monoisotopic (exact) mass is 259 g/mol. The molecule has 0 N–H and O–H groups in total. The van der Waals surface area contributed by atoms with Crippen molar-refractivity contribution >= 4 is 11.6 Å². The summed E-state index contributed by atoms with van der Waals surface area (Å²) in [5.41, 5.74) is 3.88. The molecule has 104 valence electrons. The van der Waals surface area contributed by atoms with E-state index in [4.69, 9.17) is 0 Å². The number of rotatable bonds is 4. The molecule has 2 heteroatoms. The highest BCUT2D eigenvalue weighted by Gasteiger charge is 2.27. The van der Waals surface area contributed by atoms with Crippen LogP contribution < -0.4 is 4.90 Å². The first-order valence-corrected chi connectivity index (χ1v) is 7.61. The Hall–Kier alpha value is -1.31. The maximum absolute atomic E-state index is 12.6. The van der Waals surface area contributed by atoms with E-state index in [0.29, 0.717) is 5.91 Å². The van der Waals surface area contributed by atoms with Gasteiger partial charge in [-0.2, -0.15) is 0 Å². The lowest BCUT2D eigenvalue weighted by atomic mass is 9.94. The van der Waals surface area contributed by atoms with Gasteiger partial charge in [-0.3, -0.25) is 4.79 Å². The Morgan fingerprint density at radius 1 is 1.37 bits per heavy atom. The number of nitrogens with zero attached hydrogens (tertiary/aromatic N) is 1. The molecule has 0 bridgehead atoms. The fraction of sp³-hybridized carbons (Fsp3) is 0.588. The third-order valence-electron chi connectivity index (χ3n) is 4.09. The number of carbonyl (C=O) groups is 1. The van der Waals surface area contributed by atoms with Gasteiger partial charge in [-0.05, 0) is 36.8 Å². The molecule has 2 nitrogen and oxygen atoms in total. The summed E-state index contributed by atoms with van der Waals surface area (Å²) in [5, 5.41) is 0. The molecule has 1 aliphatic heterocycles. The van der Waals surface area contributed by atoms with Crippen LogP contribution >= 0.6 is 0 Å². The van der Waals surface area contributed by atoms with E-state index in [9.17, 15) is 4.79 Å². The Balaban J connectivity index is 2.33. The zero-order valence-electron chi connectivity index (χ0n) is 12.4. The van der Waals surface area contributed by atoms with Gasteiger partial charge in [0.25, 0.3) is 0 Å². The van der Waals surface area contributed by atoms with E-state index in [2.05, 4.69) is 43.9 Å². The standard InChI is InChI=1S/C17H25NO/c1-4-8-13(3)17(19)18-12-7-11-15-10-6-9-14(5-2)16(15)18/h6,9-10,13H,4-5,7-8,11-12H2,1-3H3. The van der Waals surface area contributed by atoms with E-state index in [1.807, 2.05) is 0 Å². The van der Waals surface area contributed by atoms with Gasteiger partial charge in [0, 0.05) is 18.2 Å². The number of amides is 1. The number of aryl methyl sites for hydroxylation is 2. The molecule has 0 saturated heterocycles. The van der Waals surface area contributed by atoms with Crippen LogP contribution in [0.2, 0.25) is 0 Å². The highest BCUT2D eigenvalue weighted by atomic mass is 16.2. The predicted molar refractivity (Wildman–Crippen MR) is 80.6 cm³/mol. The number of carbonyl (C=O) groups excluding carboxylic acids is 1. The topological polar surface area (TPSA) is 20.3 Å². The van der Waals surface area contributed by atoms with Gasteiger partial charge >= 0.3 is 0 Å². The van der Waals surface area contributed by atoms with Gasteiger partial charge in [-0.1, -0.05) is 45.4 Å². The van der Waals surface area contributed by atoms with E-state index in [-0.39, 0.29) is 5.92 Å². The van der Waals surface area contributed by atoms with Crippen molar-refractivity contribution < 1.29 is 4.79 Å². The maximum atomic E-state index is 12.6. The molecule has 2 rings (SSSR count). The van der Waals surface area contributed by atoms with Crippen LogP contribution in [-0.4, -0.2) is 12.5 Å². The molecule has 1 atom stereocenters. The van der Waals surface area contributed by atoms with E-state index in [1.54, 1.807) is 0 Å². The lowest BCUT2D eigenvalue weighted by Gasteiger charge is -2.33. The molecular formula is C17H25NO. The van der Waals surface area contributed by atoms with Crippen LogP contribution in [0, 0.1) is 5.92 Å². The second-order valence-electron chi connectivity index (χ2n) is 5.56. The fourth-order valence-corrected chi connectivity index (χ4v) is 3.06. The Labute approximate surface area is 116 Å². The molecule has 1 aromatic rings. The molecule has 1 aromatic carbocycles. The van der Waals surface area contributed by atoms with Crippen molar-refractivity contribution in [1.29, 1.82) is 0 Å². The van der Waals surface area contributed by atoms with Crippen LogP contribution in [0.5, 0.6) is 0 Å². The normalized spacial score (nSPS) is 16.1. The maximum Gasteiger partial charge on any atom is 0.229 e. The van der Waals surface area contributed by atoms with Gasteiger partial charge in [0.2, 0.25) is 5.91 Å². The number of fused-ring (bicyclic) bond motifs is 1. The smallest absolute Gasteiger partial charge is 0.229 e. The third-order valence-corrected chi connectivity index (χ3v) is 4.09. The Bertz CT molecular complexity index is 438. The fourth-order valence-electron chi connectivity index (χ4n) is 3.06. The third kappa shape index (κ3) is 2.83. The van der Waals surface area contributed by atoms with Gasteiger partial charge in [0.1, 0.15) is 0 Å². The highest BCUT2D eigenvalue weighted by Crippen LogP contribution is 2.32. The molecule has 1 amide bonds. The summed E-state index contributed by atoms with van der Waals surface area (Å²) in [6.45, 7) is 7.26. The van der Waals surface area contributed by atoms with Gasteiger partial charge in [-0.25, -0.2) is 0 Å². The molecule has 1 aliphatic rings. The Morgan fingerprint density at radius 2 is 2.16 bits per heavy atom. The minimum absolute atomic E-state index is 0.140. The molecule has 0 spiro atoms. The van der Waals surface area contributed by atoms with Gasteiger partial charge in [-0.15, -0.1) is 0 Å². The molecule has 19 heavy (non-hydrogen) atoms. The number of hydrogen-bond donors (Lipinski definition) is 0. The van der Waals surface area contributed by atoms with Crippen molar-refractivity contribution in [2.24, 2.45) is 5.92 Å². The second kappa shape index (κ2) is 6.23. The number of hydrogen-bond acceptors (Lipinski definition) is 1. The van der Waals surface area contributed by atoms with Crippen molar-refractivity contribution in [2.75, 3.05) is 11.4 Å². The summed E-state index contributed by atoms with van der Waals surface area (Å²) in [5.74, 6) is 0.449. The summed E-state index contributed by atoms with van der Waals surface area (Å²) < 4.78 is 0. The summed E-state index contributed by atoms with van der Waals surface area (Å²) >= 11 is 0. The van der Waals surface area contributed by atoms with Gasteiger partial charge in [0.15, 0.2) is 0 Å². The van der Waals surface area contributed by atoms with Gasteiger partial charge < -0.3 is 4.90 Å². The van der Waals surface area contributed by atoms with E-state index in [1.165, 1.54) is 16.8 Å². The minimum atomic E-state index is 0.140. The van der Waals surface area contributed by atoms with Crippen LogP contribution in [0.15, 0.2) is 18.2 Å². The quantitative estimate of drug-likeness (QED) is 0.801. The first-order valence-electron chi connectivity index (χ1n) is 7.61. The Kier molecular flexibility index (Phi) is 4.62. The molecule has 1 unspecified atom stereocenters. The molecule has 0 aromatic heterocycles. The van der Waals surface area contributed by atoms with Crippen LogP contribution in [0.3, 0.4) is 0 Å². The van der Waals surface area contributed by atoms with Crippen molar-refractivity contribution in [3.05, 3.63) is 29.3 Å². The van der Waals surface area contributed by atoms with Crippen LogP contribution in [0.25, 0.3) is 0 Å². The molecular weight excluding hydrogens is 234 g/mol. The summed E-state index contributed by atoms with van der Waals surface area (Å²) in [7, 11) is 0. The largest absolute Gasteiger partial charge is 0.312 e. The van der Waals surface area contributed by atoms with E-state index < -0.39 is 0 Å². The SMILES string of the molecule is CCCC(C)C(=O)N1CCCc2cccc(CC)c21. The average molecular weight is 259 g/mol. The van der Waals surface area contributed by atoms with Crippen molar-refractivity contribution in [2.45, 2.75) is 52.9 Å². The first kappa shape index (κ1) is 14.1.